The molecule has 2 aliphatic rings. The van der Waals surface area contributed by atoms with Crippen LogP contribution in [0.2, 0.25) is 0 Å². The van der Waals surface area contributed by atoms with Crippen molar-refractivity contribution in [2.24, 2.45) is 5.92 Å². The quantitative estimate of drug-likeness (QED) is 0.828. The maximum Gasteiger partial charge on any atom is 0.224 e. The number of hydrogen-bond donors (Lipinski definition) is 1. The molecule has 112 valence electrons. The second-order valence-corrected chi connectivity index (χ2v) is 5.21. The third-order valence-corrected chi connectivity index (χ3v) is 3.79. The Morgan fingerprint density at radius 2 is 2.16 bits per heavy atom. The molecule has 2 fully saturated rings. The molecule has 1 N–H and O–H groups in total. The van der Waals surface area contributed by atoms with E-state index >= 15 is 0 Å². The van der Waals surface area contributed by atoms with Crippen molar-refractivity contribution in [3.8, 4) is 0 Å². The van der Waals surface area contributed by atoms with E-state index in [9.17, 15) is 4.79 Å². The molecular formula is C13H25ClN2O3. The van der Waals surface area contributed by atoms with Crippen LogP contribution in [0, 0.1) is 5.92 Å². The predicted octanol–water partition coefficient (Wildman–Crippen LogP) is 0.672. The molecule has 0 aliphatic carbocycles. The number of carbonyl (C=O) groups is 1. The third kappa shape index (κ3) is 5.26. The number of piperidine rings is 1. The first-order valence-corrected chi connectivity index (χ1v) is 6.87. The molecule has 2 saturated heterocycles. The molecule has 1 amide bonds. The van der Waals surface area contributed by atoms with Crippen molar-refractivity contribution in [2.75, 3.05) is 46.6 Å². The molecule has 19 heavy (non-hydrogen) atoms. The van der Waals surface area contributed by atoms with Crippen molar-refractivity contribution in [1.29, 1.82) is 0 Å². The minimum atomic E-state index is 0. The topological polar surface area (TPSA) is 50.8 Å². The summed E-state index contributed by atoms with van der Waals surface area (Å²) < 4.78 is 10.5. The highest BCUT2D eigenvalue weighted by atomic mass is 35.5. The first-order valence-electron chi connectivity index (χ1n) is 6.87. The van der Waals surface area contributed by atoms with E-state index in [0.717, 1.165) is 45.7 Å². The number of nitrogens with one attached hydrogen (secondary N) is 1. The Balaban J connectivity index is 0.00000180. The molecule has 5 nitrogen and oxygen atoms in total. The Hall–Kier alpha value is -0.360. The fourth-order valence-electron chi connectivity index (χ4n) is 2.68. The number of ether oxygens (including phenoxy) is 2. The summed E-state index contributed by atoms with van der Waals surface area (Å²) in [4.78, 5) is 14.1. The van der Waals surface area contributed by atoms with Gasteiger partial charge in [0.05, 0.1) is 13.2 Å². The summed E-state index contributed by atoms with van der Waals surface area (Å²) in [5, 5.41) is 3.33. The van der Waals surface area contributed by atoms with E-state index in [-0.39, 0.29) is 24.4 Å². The molecule has 0 aromatic rings. The van der Waals surface area contributed by atoms with Gasteiger partial charge in [0.2, 0.25) is 5.91 Å². The summed E-state index contributed by atoms with van der Waals surface area (Å²) in [6.07, 6.45) is 2.69. The molecule has 2 heterocycles. The number of nitrogens with zero attached hydrogens (tertiary/aromatic N) is 1. The van der Waals surface area contributed by atoms with Crippen molar-refractivity contribution < 1.29 is 14.3 Å². The van der Waals surface area contributed by atoms with Gasteiger partial charge in [-0.2, -0.15) is 0 Å². The van der Waals surface area contributed by atoms with Crippen LogP contribution in [0.5, 0.6) is 0 Å². The van der Waals surface area contributed by atoms with Crippen LogP contribution in [0.25, 0.3) is 0 Å². The molecule has 2 rings (SSSR count). The largest absolute Gasteiger partial charge is 0.384 e. The fourth-order valence-corrected chi connectivity index (χ4v) is 2.68. The lowest BCUT2D eigenvalue weighted by Crippen LogP contribution is -2.46. The zero-order chi connectivity index (χ0) is 12.8. The maximum absolute atomic E-state index is 12.1. The minimum absolute atomic E-state index is 0. The van der Waals surface area contributed by atoms with E-state index in [0.29, 0.717) is 18.9 Å². The summed E-state index contributed by atoms with van der Waals surface area (Å²) in [6.45, 7) is 4.84. The standard InChI is InChI=1S/C13H24N2O3.ClH/c1-17-9-11-2-5-15(6-3-11)13(16)8-12-10-18-7-4-14-12;/h11-12,14H,2-10H2,1H3;1H. The van der Waals surface area contributed by atoms with E-state index in [1.54, 1.807) is 7.11 Å². The average molecular weight is 293 g/mol. The Morgan fingerprint density at radius 3 is 2.74 bits per heavy atom. The second kappa shape index (κ2) is 8.74. The van der Waals surface area contributed by atoms with Gasteiger partial charge in [0.25, 0.3) is 0 Å². The number of methoxy groups -OCH3 is 1. The first kappa shape index (κ1) is 16.7. The van der Waals surface area contributed by atoms with Crippen LogP contribution in [-0.4, -0.2) is 63.4 Å². The van der Waals surface area contributed by atoms with Crippen LogP contribution in [0.1, 0.15) is 19.3 Å². The molecule has 6 heteroatoms. The van der Waals surface area contributed by atoms with Gasteiger partial charge in [-0.3, -0.25) is 4.79 Å². The van der Waals surface area contributed by atoms with E-state index in [2.05, 4.69) is 5.32 Å². The Bertz CT molecular complexity index is 265. The fraction of sp³-hybridized carbons (Fsp3) is 0.923. The van der Waals surface area contributed by atoms with Crippen molar-refractivity contribution in [3.05, 3.63) is 0 Å². The summed E-state index contributed by atoms with van der Waals surface area (Å²) >= 11 is 0. The number of likely N-dealkylation sites (tertiary alicyclic amines) is 1. The van der Waals surface area contributed by atoms with Crippen LogP contribution in [0.15, 0.2) is 0 Å². The Morgan fingerprint density at radius 1 is 1.42 bits per heavy atom. The SMILES string of the molecule is COCC1CCN(C(=O)CC2COCCN2)CC1.Cl. The predicted molar refractivity (Wildman–Crippen MR) is 75.7 cm³/mol. The molecule has 1 atom stereocenters. The molecule has 0 radical (unpaired) electrons. The summed E-state index contributed by atoms with van der Waals surface area (Å²) in [5.74, 6) is 0.879. The highest BCUT2D eigenvalue weighted by Crippen LogP contribution is 2.18. The van der Waals surface area contributed by atoms with E-state index < -0.39 is 0 Å². The number of rotatable bonds is 4. The molecule has 0 bridgehead atoms. The second-order valence-electron chi connectivity index (χ2n) is 5.21. The summed E-state index contributed by atoms with van der Waals surface area (Å²) in [5.41, 5.74) is 0. The van der Waals surface area contributed by atoms with Gasteiger partial charge in [-0.25, -0.2) is 0 Å². The van der Waals surface area contributed by atoms with Crippen LogP contribution < -0.4 is 5.32 Å². The zero-order valence-corrected chi connectivity index (χ0v) is 12.4. The van der Waals surface area contributed by atoms with Gasteiger partial charge >= 0.3 is 0 Å². The molecule has 0 spiro atoms. The maximum atomic E-state index is 12.1. The molecular weight excluding hydrogens is 268 g/mol. The Kier molecular flexibility index (Phi) is 7.68. The van der Waals surface area contributed by atoms with Gasteiger partial charge in [-0.1, -0.05) is 0 Å². The smallest absolute Gasteiger partial charge is 0.224 e. The van der Waals surface area contributed by atoms with Crippen molar-refractivity contribution in [2.45, 2.75) is 25.3 Å². The normalized spacial score (nSPS) is 24.9. The van der Waals surface area contributed by atoms with Crippen LogP contribution in [0.4, 0.5) is 0 Å². The molecule has 0 saturated carbocycles. The molecule has 0 aromatic heterocycles. The van der Waals surface area contributed by atoms with Crippen LogP contribution >= 0.6 is 12.4 Å². The van der Waals surface area contributed by atoms with Gasteiger partial charge in [0, 0.05) is 45.8 Å². The van der Waals surface area contributed by atoms with Crippen molar-refractivity contribution in [1.82, 2.24) is 10.2 Å². The van der Waals surface area contributed by atoms with E-state index in [1.165, 1.54) is 0 Å². The molecule has 2 aliphatic heterocycles. The number of amides is 1. The number of hydrogen-bond acceptors (Lipinski definition) is 4. The zero-order valence-electron chi connectivity index (χ0n) is 11.6. The van der Waals surface area contributed by atoms with E-state index in [4.69, 9.17) is 9.47 Å². The van der Waals surface area contributed by atoms with Gasteiger partial charge in [0.15, 0.2) is 0 Å². The number of morpholine rings is 1. The first-order chi connectivity index (χ1) is 8.79. The van der Waals surface area contributed by atoms with E-state index in [1.807, 2.05) is 4.90 Å². The van der Waals surface area contributed by atoms with Crippen molar-refractivity contribution >= 4 is 18.3 Å². The van der Waals surface area contributed by atoms with Gasteiger partial charge in [0.1, 0.15) is 0 Å². The van der Waals surface area contributed by atoms with Crippen molar-refractivity contribution in [3.63, 3.8) is 0 Å². The number of carbonyl (C=O) groups excluding carboxylic acids is 1. The summed E-state index contributed by atoms with van der Waals surface area (Å²) in [6, 6.07) is 0.197. The highest BCUT2D eigenvalue weighted by molar-refractivity contribution is 5.85. The molecule has 1 unspecified atom stereocenters. The summed E-state index contributed by atoms with van der Waals surface area (Å²) in [7, 11) is 1.74. The van der Waals surface area contributed by atoms with Gasteiger partial charge in [-0.05, 0) is 18.8 Å². The Labute approximate surface area is 121 Å². The lowest BCUT2D eigenvalue weighted by atomic mass is 9.97. The van der Waals surface area contributed by atoms with Crippen LogP contribution in [0.3, 0.4) is 0 Å². The van der Waals surface area contributed by atoms with Gasteiger partial charge < -0.3 is 19.7 Å². The van der Waals surface area contributed by atoms with Crippen LogP contribution in [-0.2, 0) is 14.3 Å². The minimum Gasteiger partial charge on any atom is -0.384 e. The van der Waals surface area contributed by atoms with Gasteiger partial charge in [-0.15, -0.1) is 12.4 Å². The third-order valence-electron chi connectivity index (χ3n) is 3.79. The highest BCUT2D eigenvalue weighted by Gasteiger charge is 2.25. The lowest BCUT2D eigenvalue weighted by Gasteiger charge is -2.33. The number of halogens is 1. The lowest BCUT2D eigenvalue weighted by molar-refractivity contribution is -0.134. The average Bonchev–Trinajstić information content (AvgIpc) is 2.41. The molecule has 0 aromatic carbocycles. The monoisotopic (exact) mass is 292 g/mol.